The van der Waals surface area contributed by atoms with Gasteiger partial charge in [0.15, 0.2) is 0 Å². The van der Waals surface area contributed by atoms with Crippen LogP contribution in [0.5, 0.6) is 0 Å². The molecule has 0 spiro atoms. The molecule has 0 saturated carbocycles. The minimum atomic E-state index is -3.98. The average Bonchev–Trinajstić information content (AvgIpc) is 2.24. The highest BCUT2D eigenvalue weighted by Gasteiger charge is 2.23. The number of sulfonamides is 1. The molecule has 1 unspecified atom stereocenters. The van der Waals surface area contributed by atoms with Crippen LogP contribution in [-0.4, -0.2) is 19.4 Å². The zero-order chi connectivity index (χ0) is 13.9. The van der Waals surface area contributed by atoms with Crippen molar-refractivity contribution in [1.82, 2.24) is 4.72 Å². The Morgan fingerprint density at radius 1 is 1.61 bits per heavy atom. The van der Waals surface area contributed by atoms with Crippen molar-refractivity contribution in [2.75, 3.05) is 0 Å². The highest BCUT2D eigenvalue weighted by molar-refractivity contribution is 9.10. The molecule has 0 aliphatic heterocycles. The molecule has 0 bridgehead atoms. The highest BCUT2D eigenvalue weighted by Crippen LogP contribution is 2.19. The molecule has 4 nitrogen and oxygen atoms in total. The van der Waals surface area contributed by atoms with Crippen LogP contribution in [-0.2, 0) is 10.0 Å². The summed E-state index contributed by atoms with van der Waals surface area (Å²) in [6.45, 7) is 1.73. The molecule has 0 amide bonds. The zero-order valence-electron chi connectivity index (χ0n) is 9.48. The third-order valence-corrected chi connectivity index (χ3v) is 4.52. The first-order chi connectivity index (χ1) is 8.27. The standard InChI is InChI=1S/C10H12BrFN2O2S2/c1-2-8(10(13)17)14-18(15,16)9-4-3-6(11)5-7(9)12/h3-5,8,14H,2H2,1H3,(H2,13,17). The fourth-order valence-corrected chi connectivity index (χ4v) is 3.28. The lowest BCUT2D eigenvalue weighted by atomic mass is 10.2. The van der Waals surface area contributed by atoms with E-state index >= 15 is 0 Å². The predicted octanol–water partition coefficient (Wildman–Crippen LogP) is 1.93. The summed E-state index contributed by atoms with van der Waals surface area (Å²) >= 11 is 7.79. The number of halogens is 2. The maximum atomic E-state index is 13.6. The Balaban J connectivity index is 3.10. The van der Waals surface area contributed by atoms with Gasteiger partial charge in [0.05, 0.1) is 11.0 Å². The average molecular weight is 355 g/mol. The lowest BCUT2D eigenvalue weighted by Gasteiger charge is -2.15. The molecule has 3 N–H and O–H groups in total. The molecule has 1 aromatic carbocycles. The van der Waals surface area contributed by atoms with Gasteiger partial charge in [-0.2, -0.15) is 0 Å². The van der Waals surface area contributed by atoms with Crippen LogP contribution in [0.25, 0.3) is 0 Å². The predicted molar refractivity (Wildman–Crippen MR) is 75.3 cm³/mol. The van der Waals surface area contributed by atoms with E-state index in [-0.39, 0.29) is 4.99 Å². The number of rotatable bonds is 5. The molecule has 0 saturated heterocycles. The van der Waals surface area contributed by atoms with E-state index < -0.39 is 26.8 Å². The number of hydrogen-bond acceptors (Lipinski definition) is 3. The van der Waals surface area contributed by atoms with Crippen LogP contribution in [0.15, 0.2) is 27.6 Å². The van der Waals surface area contributed by atoms with Crippen LogP contribution in [0.4, 0.5) is 4.39 Å². The number of thiocarbonyl (C=S) groups is 1. The molecule has 0 radical (unpaired) electrons. The molecule has 1 rings (SSSR count). The van der Waals surface area contributed by atoms with Gasteiger partial charge in [-0.05, 0) is 24.6 Å². The van der Waals surface area contributed by atoms with E-state index in [4.69, 9.17) is 18.0 Å². The van der Waals surface area contributed by atoms with Crippen molar-refractivity contribution >= 4 is 43.2 Å². The van der Waals surface area contributed by atoms with Crippen molar-refractivity contribution in [2.45, 2.75) is 24.3 Å². The van der Waals surface area contributed by atoms with E-state index in [1.54, 1.807) is 6.92 Å². The van der Waals surface area contributed by atoms with Crippen LogP contribution in [0.2, 0.25) is 0 Å². The van der Waals surface area contributed by atoms with E-state index in [1.807, 2.05) is 0 Å². The molecular formula is C10H12BrFN2O2S2. The number of nitrogens with one attached hydrogen (secondary N) is 1. The van der Waals surface area contributed by atoms with Gasteiger partial charge in [0.25, 0.3) is 0 Å². The highest BCUT2D eigenvalue weighted by atomic mass is 79.9. The van der Waals surface area contributed by atoms with Crippen LogP contribution >= 0.6 is 28.1 Å². The fraction of sp³-hybridized carbons (Fsp3) is 0.300. The van der Waals surface area contributed by atoms with Gasteiger partial charge in [0, 0.05) is 4.47 Å². The maximum absolute atomic E-state index is 13.6. The van der Waals surface area contributed by atoms with E-state index in [1.165, 1.54) is 12.1 Å². The van der Waals surface area contributed by atoms with Crippen LogP contribution < -0.4 is 10.5 Å². The van der Waals surface area contributed by atoms with Crippen molar-refractivity contribution < 1.29 is 12.8 Å². The Hall–Kier alpha value is -0.570. The topological polar surface area (TPSA) is 72.2 Å². The monoisotopic (exact) mass is 354 g/mol. The summed E-state index contributed by atoms with van der Waals surface area (Å²) in [4.78, 5) is -0.404. The van der Waals surface area contributed by atoms with Crippen molar-refractivity contribution in [3.05, 3.63) is 28.5 Å². The molecule has 0 aliphatic carbocycles. The lowest BCUT2D eigenvalue weighted by molar-refractivity contribution is 0.550. The first-order valence-electron chi connectivity index (χ1n) is 5.04. The normalized spacial score (nSPS) is 13.3. The van der Waals surface area contributed by atoms with Crippen molar-refractivity contribution in [2.24, 2.45) is 5.73 Å². The van der Waals surface area contributed by atoms with Gasteiger partial charge in [0.1, 0.15) is 10.7 Å². The van der Waals surface area contributed by atoms with Crippen LogP contribution in [0.3, 0.4) is 0 Å². The lowest BCUT2D eigenvalue weighted by Crippen LogP contribution is -2.43. The summed E-state index contributed by atoms with van der Waals surface area (Å²) in [6, 6.07) is 3.01. The summed E-state index contributed by atoms with van der Waals surface area (Å²) < 4.78 is 40.2. The second kappa shape index (κ2) is 6.05. The SMILES string of the molecule is CCC(NS(=O)(=O)c1ccc(Br)cc1F)C(N)=S. The van der Waals surface area contributed by atoms with Crippen LogP contribution in [0, 0.1) is 5.82 Å². The smallest absolute Gasteiger partial charge is 0.244 e. The summed E-state index contributed by atoms with van der Waals surface area (Å²) in [7, 11) is -3.98. The molecule has 18 heavy (non-hydrogen) atoms. The van der Waals surface area contributed by atoms with Crippen molar-refractivity contribution in [3.8, 4) is 0 Å². The van der Waals surface area contributed by atoms with Gasteiger partial charge in [-0.15, -0.1) is 0 Å². The summed E-state index contributed by atoms with van der Waals surface area (Å²) in [5, 5.41) is 0. The largest absolute Gasteiger partial charge is 0.392 e. The van der Waals surface area contributed by atoms with E-state index in [9.17, 15) is 12.8 Å². The quantitative estimate of drug-likeness (QED) is 0.792. The number of nitrogens with two attached hydrogens (primary N) is 1. The second-order valence-corrected chi connectivity index (χ2v) is 6.63. The maximum Gasteiger partial charge on any atom is 0.244 e. The van der Waals surface area contributed by atoms with Gasteiger partial charge < -0.3 is 5.73 Å². The first kappa shape index (κ1) is 15.5. The van der Waals surface area contributed by atoms with Crippen LogP contribution in [0.1, 0.15) is 13.3 Å². The molecule has 1 atom stereocenters. The van der Waals surface area contributed by atoms with Gasteiger partial charge >= 0.3 is 0 Å². The van der Waals surface area contributed by atoms with Crippen molar-refractivity contribution in [3.63, 3.8) is 0 Å². The van der Waals surface area contributed by atoms with Gasteiger partial charge in [0.2, 0.25) is 10.0 Å². The number of benzene rings is 1. The Kier molecular flexibility index (Phi) is 5.20. The van der Waals surface area contributed by atoms with E-state index in [0.29, 0.717) is 10.9 Å². The molecule has 100 valence electrons. The number of hydrogen-bond donors (Lipinski definition) is 2. The summed E-state index contributed by atoms with van der Waals surface area (Å²) in [5.41, 5.74) is 5.40. The molecule has 1 aromatic rings. The Labute approximate surface area is 119 Å². The molecule has 0 aliphatic rings. The Morgan fingerprint density at radius 3 is 2.67 bits per heavy atom. The first-order valence-corrected chi connectivity index (χ1v) is 7.73. The summed E-state index contributed by atoms with van der Waals surface area (Å²) in [5.74, 6) is -0.838. The second-order valence-electron chi connectivity index (χ2n) is 3.56. The molecular weight excluding hydrogens is 343 g/mol. The van der Waals surface area contributed by atoms with Gasteiger partial charge in [-0.3, -0.25) is 0 Å². The Bertz CT molecular complexity index is 563. The minimum Gasteiger partial charge on any atom is -0.392 e. The fourth-order valence-electron chi connectivity index (χ4n) is 1.29. The van der Waals surface area contributed by atoms with Gasteiger partial charge in [-0.1, -0.05) is 35.1 Å². The molecule has 8 heteroatoms. The third kappa shape index (κ3) is 3.71. The molecule has 0 aromatic heterocycles. The third-order valence-electron chi connectivity index (χ3n) is 2.23. The molecule has 0 fully saturated rings. The van der Waals surface area contributed by atoms with Crippen molar-refractivity contribution in [1.29, 1.82) is 0 Å². The van der Waals surface area contributed by atoms with E-state index in [0.717, 1.165) is 6.07 Å². The van der Waals surface area contributed by atoms with E-state index in [2.05, 4.69) is 20.7 Å². The Morgan fingerprint density at radius 2 is 2.22 bits per heavy atom. The van der Waals surface area contributed by atoms with Gasteiger partial charge in [-0.25, -0.2) is 17.5 Å². The zero-order valence-corrected chi connectivity index (χ0v) is 12.7. The molecule has 0 heterocycles. The minimum absolute atomic E-state index is 0.0265. The summed E-state index contributed by atoms with van der Waals surface area (Å²) in [6.07, 6.45) is 0.396.